The van der Waals surface area contributed by atoms with Crippen LogP contribution in [0.1, 0.15) is 25.7 Å². The van der Waals surface area contributed by atoms with Crippen molar-refractivity contribution in [3.8, 4) is 5.75 Å². The minimum atomic E-state index is 0.738. The maximum Gasteiger partial charge on any atom is 0.127 e. The Balaban J connectivity index is 1.73. The maximum atomic E-state index is 6.03. The van der Waals surface area contributed by atoms with Gasteiger partial charge in [-0.25, -0.2) is 0 Å². The maximum absolute atomic E-state index is 6.03. The highest BCUT2D eigenvalue weighted by Gasteiger charge is 2.06. The van der Waals surface area contributed by atoms with E-state index in [1.54, 1.807) is 0 Å². The van der Waals surface area contributed by atoms with Gasteiger partial charge >= 0.3 is 0 Å². The summed E-state index contributed by atoms with van der Waals surface area (Å²) in [5.41, 5.74) is 1.70. The quantitative estimate of drug-likeness (QED) is 0.245. The summed E-state index contributed by atoms with van der Waals surface area (Å²) in [5.74, 6) is 1.87. The molecule has 0 aromatic heterocycles. The number of benzene rings is 3. The van der Waals surface area contributed by atoms with Crippen LogP contribution >= 0.6 is 12.6 Å². The molecule has 4 heteroatoms. The van der Waals surface area contributed by atoms with Gasteiger partial charge in [-0.1, -0.05) is 55.3 Å². The van der Waals surface area contributed by atoms with E-state index >= 15 is 0 Å². The van der Waals surface area contributed by atoms with Gasteiger partial charge in [0.2, 0.25) is 0 Å². The van der Waals surface area contributed by atoms with Crippen molar-refractivity contribution in [3.63, 3.8) is 0 Å². The monoisotopic (exact) mass is 364 g/mol. The van der Waals surface area contributed by atoms with Crippen LogP contribution in [0.25, 0.3) is 10.8 Å². The Morgan fingerprint density at radius 3 is 2.23 bits per heavy atom. The molecule has 3 nitrogen and oxygen atoms in total. The fourth-order valence-electron chi connectivity index (χ4n) is 2.82. The van der Waals surface area contributed by atoms with Crippen LogP contribution in [-0.4, -0.2) is 12.4 Å². The van der Waals surface area contributed by atoms with E-state index in [2.05, 4.69) is 35.0 Å². The molecule has 26 heavy (non-hydrogen) atoms. The lowest BCUT2D eigenvalue weighted by Crippen LogP contribution is -1.98. The summed E-state index contributed by atoms with van der Waals surface area (Å²) in [4.78, 5) is 0. The lowest BCUT2D eigenvalue weighted by molar-refractivity contribution is 0.308. The lowest BCUT2D eigenvalue weighted by atomic mass is 10.1. The Labute approximate surface area is 160 Å². The third-order valence-corrected chi connectivity index (χ3v) is 4.52. The van der Waals surface area contributed by atoms with Gasteiger partial charge in [-0.3, -0.25) is 0 Å². The first-order valence-electron chi connectivity index (χ1n) is 9.10. The molecule has 3 rings (SSSR count). The molecule has 0 N–H and O–H groups in total. The second-order valence-electron chi connectivity index (χ2n) is 6.15. The molecule has 0 aliphatic carbocycles. The van der Waals surface area contributed by atoms with Crippen molar-refractivity contribution < 1.29 is 4.74 Å². The lowest BCUT2D eigenvalue weighted by Gasteiger charge is -2.10. The van der Waals surface area contributed by atoms with E-state index in [0.717, 1.165) is 46.7 Å². The molecule has 0 bridgehead atoms. The molecule has 134 valence electrons. The predicted octanol–water partition coefficient (Wildman–Crippen LogP) is 7.12. The van der Waals surface area contributed by atoms with Crippen LogP contribution in [0.5, 0.6) is 5.75 Å². The fraction of sp³-hybridized carbons (Fsp3) is 0.273. The third-order valence-electron chi connectivity index (χ3n) is 4.20. The number of fused-ring (bicyclic) bond motifs is 1. The third kappa shape index (κ3) is 5.09. The molecular weight excluding hydrogens is 340 g/mol. The molecule has 0 amide bonds. The van der Waals surface area contributed by atoms with Crippen LogP contribution < -0.4 is 4.74 Å². The molecule has 0 aliphatic rings. The van der Waals surface area contributed by atoms with Gasteiger partial charge in [-0.15, -0.1) is 5.11 Å². The van der Waals surface area contributed by atoms with Crippen molar-refractivity contribution in [2.24, 2.45) is 10.2 Å². The Morgan fingerprint density at radius 1 is 0.692 bits per heavy atom. The second kappa shape index (κ2) is 9.97. The van der Waals surface area contributed by atoms with E-state index in [-0.39, 0.29) is 0 Å². The second-order valence-corrected chi connectivity index (χ2v) is 6.60. The van der Waals surface area contributed by atoms with Gasteiger partial charge in [0.05, 0.1) is 18.0 Å². The van der Waals surface area contributed by atoms with Gasteiger partial charge in [-0.05, 0) is 42.9 Å². The number of azo groups is 1. The minimum absolute atomic E-state index is 0.738. The highest BCUT2D eigenvalue weighted by atomic mass is 32.1. The van der Waals surface area contributed by atoms with Gasteiger partial charge in [0.1, 0.15) is 5.75 Å². The summed E-state index contributed by atoms with van der Waals surface area (Å²) in [5, 5.41) is 10.9. The van der Waals surface area contributed by atoms with Crippen LogP contribution in [0.4, 0.5) is 11.4 Å². The van der Waals surface area contributed by atoms with Crippen molar-refractivity contribution in [1.82, 2.24) is 0 Å². The van der Waals surface area contributed by atoms with E-state index in [4.69, 9.17) is 4.74 Å². The highest BCUT2D eigenvalue weighted by Crippen LogP contribution is 2.34. The zero-order valence-electron chi connectivity index (χ0n) is 14.8. The molecule has 0 spiro atoms. The number of nitrogens with zero attached hydrogens (tertiary/aromatic N) is 2. The van der Waals surface area contributed by atoms with Crippen molar-refractivity contribution in [2.45, 2.75) is 25.7 Å². The Hall–Kier alpha value is -2.33. The first-order valence-corrected chi connectivity index (χ1v) is 9.74. The van der Waals surface area contributed by atoms with E-state index in [0.29, 0.717) is 0 Å². The molecule has 0 atom stereocenters. The van der Waals surface area contributed by atoms with E-state index in [9.17, 15) is 0 Å². The number of rotatable bonds is 9. The Kier molecular flexibility index (Phi) is 7.08. The van der Waals surface area contributed by atoms with E-state index < -0.39 is 0 Å². The van der Waals surface area contributed by atoms with Crippen LogP contribution in [0.3, 0.4) is 0 Å². The zero-order valence-corrected chi connectivity index (χ0v) is 15.7. The molecule has 0 aliphatic heterocycles. The molecule has 0 fully saturated rings. The molecule has 0 radical (unpaired) electrons. The van der Waals surface area contributed by atoms with Gasteiger partial charge in [-0.2, -0.15) is 17.7 Å². The zero-order chi connectivity index (χ0) is 18.0. The summed E-state index contributed by atoms with van der Waals surface area (Å²) in [6, 6.07) is 21.9. The standard InChI is InChI=1S/C22H24N2OS/c26-17-9-2-1-8-16-25-22-15-14-21(19-12-6-7-13-20(19)22)24-23-18-10-4-3-5-11-18/h3-7,10-15,26H,1-2,8-9,16-17H2. The topological polar surface area (TPSA) is 34.0 Å². The Morgan fingerprint density at radius 2 is 1.42 bits per heavy atom. The summed E-state index contributed by atoms with van der Waals surface area (Å²) < 4.78 is 6.03. The van der Waals surface area contributed by atoms with Crippen LogP contribution in [0.15, 0.2) is 77.0 Å². The fourth-order valence-corrected chi connectivity index (χ4v) is 3.05. The summed E-state index contributed by atoms with van der Waals surface area (Å²) in [6.45, 7) is 0.738. The molecule has 3 aromatic carbocycles. The first-order chi connectivity index (χ1) is 12.9. The number of unbranched alkanes of at least 4 members (excludes halogenated alkanes) is 3. The predicted molar refractivity (Wildman–Crippen MR) is 112 cm³/mol. The van der Waals surface area contributed by atoms with Crippen molar-refractivity contribution in [2.75, 3.05) is 12.4 Å². The van der Waals surface area contributed by atoms with Gasteiger partial charge < -0.3 is 4.74 Å². The van der Waals surface area contributed by atoms with Crippen molar-refractivity contribution in [1.29, 1.82) is 0 Å². The van der Waals surface area contributed by atoms with Gasteiger partial charge in [0.25, 0.3) is 0 Å². The average molecular weight is 365 g/mol. The molecule has 0 unspecified atom stereocenters. The molecule has 0 heterocycles. The molecule has 3 aromatic rings. The number of thiol groups is 1. The van der Waals surface area contributed by atoms with Crippen molar-refractivity contribution >= 4 is 34.8 Å². The Bertz CT molecular complexity index is 849. The largest absolute Gasteiger partial charge is 0.493 e. The number of hydrogen-bond donors (Lipinski definition) is 1. The number of ether oxygens (including phenoxy) is 1. The summed E-state index contributed by atoms with van der Waals surface area (Å²) in [6.07, 6.45) is 4.64. The summed E-state index contributed by atoms with van der Waals surface area (Å²) >= 11 is 4.25. The van der Waals surface area contributed by atoms with Crippen LogP contribution in [-0.2, 0) is 0 Å². The van der Waals surface area contributed by atoms with Crippen LogP contribution in [0, 0.1) is 0 Å². The van der Waals surface area contributed by atoms with E-state index in [1.807, 2.05) is 54.6 Å². The normalized spacial score (nSPS) is 11.3. The highest BCUT2D eigenvalue weighted by molar-refractivity contribution is 7.80. The van der Waals surface area contributed by atoms with Gasteiger partial charge in [0.15, 0.2) is 0 Å². The van der Waals surface area contributed by atoms with Crippen molar-refractivity contribution in [3.05, 3.63) is 66.7 Å². The molecule has 0 saturated heterocycles. The van der Waals surface area contributed by atoms with Crippen LogP contribution in [0.2, 0.25) is 0 Å². The minimum Gasteiger partial charge on any atom is -0.493 e. The smallest absolute Gasteiger partial charge is 0.127 e. The van der Waals surface area contributed by atoms with E-state index in [1.165, 1.54) is 19.3 Å². The number of hydrogen-bond acceptors (Lipinski definition) is 4. The SMILES string of the molecule is SCCCCCCOc1ccc(N=Nc2ccccc2)c2ccccc12. The molecule has 0 saturated carbocycles. The first kappa shape index (κ1) is 18.5. The van der Waals surface area contributed by atoms with Gasteiger partial charge in [0, 0.05) is 10.8 Å². The average Bonchev–Trinajstić information content (AvgIpc) is 2.70. The molecular formula is C22H24N2OS. The summed E-state index contributed by atoms with van der Waals surface area (Å²) in [7, 11) is 0.